The zero-order chi connectivity index (χ0) is 94.8. The van der Waals surface area contributed by atoms with E-state index in [0.717, 1.165) is 247 Å². The number of benzene rings is 21. The zero-order valence-corrected chi connectivity index (χ0v) is 76.8. The minimum atomic E-state index is 0.578. The normalized spacial score (nSPS) is 11.8. The van der Waals surface area contributed by atoms with Gasteiger partial charge in [0.25, 0.3) is 0 Å². The zero-order valence-electron chi connectivity index (χ0n) is 76.8. The summed E-state index contributed by atoms with van der Waals surface area (Å²) in [4.78, 5) is 45.7. The Morgan fingerprint density at radius 2 is 0.361 bits per heavy atom. The second-order valence-corrected chi connectivity index (χ2v) is 36.1. The molecule has 0 atom stereocenters. The van der Waals surface area contributed by atoms with E-state index >= 15 is 0 Å². The maximum Gasteiger partial charge on any atom is 0.164 e. The molecular formula is C129H75N9O6. The Morgan fingerprint density at radius 1 is 0.111 bits per heavy atom. The number of para-hydroxylation sites is 3. The van der Waals surface area contributed by atoms with Crippen LogP contribution in [0.4, 0.5) is 0 Å². The van der Waals surface area contributed by atoms with Crippen LogP contribution in [0.5, 0.6) is 0 Å². The molecule has 0 N–H and O–H groups in total. The van der Waals surface area contributed by atoms with Crippen molar-refractivity contribution in [3.63, 3.8) is 0 Å². The third-order valence-corrected chi connectivity index (χ3v) is 27.3. The van der Waals surface area contributed by atoms with Gasteiger partial charge in [-0.3, -0.25) is 0 Å². The minimum absolute atomic E-state index is 0.578. The van der Waals surface area contributed by atoms with Crippen LogP contribution in [-0.4, -0.2) is 44.9 Å². The largest absolute Gasteiger partial charge is 0.456 e. The van der Waals surface area contributed by atoms with Crippen molar-refractivity contribution in [2.45, 2.75) is 0 Å². The lowest BCUT2D eigenvalue weighted by molar-refractivity contribution is 0.668. The third-order valence-electron chi connectivity index (χ3n) is 27.3. The Balaban J connectivity index is 0.000000105. The van der Waals surface area contributed by atoms with Gasteiger partial charge in [0, 0.05) is 115 Å². The highest BCUT2D eigenvalue weighted by molar-refractivity contribution is 6.21. The van der Waals surface area contributed by atoms with Crippen LogP contribution in [0, 0.1) is 0 Å². The topological polar surface area (TPSA) is 195 Å². The summed E-state index contributed by atoms with van der Waals surface area (Å²) in [7, 11) is 0. The van der Waals surface area contributed by atoms with Gasteiger partial charge in [0.1, 0.15) is 67.0 Å². The molecule has 21 aromatic carbocycles. The molecule has 0 bridgehead atoms. The minimum Gasteiger partial charge on any atom is -0.456 e. The van der Waals surface area contributed by atoms with E-state index in [1.54, 1.807) is 0 Å². The van der Waals surface area contributed by atoms with Gasteiger partial charge < -0.3 is 26.5 Å². The SMILES string of the molecule is c1ccc(-c2nc(-c3ccccc3)nc(-c3cc(-c4ccc5c(c4)oc4ccccc45)cc4oc5cc6ccccc6cc5c34)n2)cc1.c1ccc(-c2nc(-c3ccccc3)nc(-c3cc(-c4ccc5oc6ccccc6c5c4)cc4oc5cc6ccccc6cc5c34)n2)cc1.c1ccc(-c2nc(-c3ccccc3)nc(-c3cc(-c4cccc5oc6ccccc6c45)cc4oc5cc6ccccc6cc5c34)n2)cc1. The quantitative estimate of drug-likeness (QED) is 0.112. The van der Waals surface area contributed by atoms with Gasteiger partial charge in [0.15, 0.2) is 52.4 Å². The van der Waals surface area contributed by atoms with Gasteiger partial charge in [0.05, 0.1) is 0 Å². The molecule has 0 spiro atoms. The van der Waals surface area contributed by atoms with Crippen molar-refractivity contribution in [2.24, 2.45) is 0 Å². The molecule has 9 aromatic heterocycles. The molecule has 0 aliphatic heterocycles. The first-order valence-electron chi connectivity index (χ1n) is 47.8. The molecule has 9 heterocycles. The molecule has 30 rings (SSSR count). The first kappa shape index (κ1) is 82.5. The predicted molar refractivity (Wildman–Crippen MR) is 581 cm³/mol. The number of fused-ring (bicyclic) bond motifs is 21. The summed E-state index contributed by atoms with van der Waals surface area (Å²) >= 11 is 0. The molecule has 0 saturated heterocycles. The fraction of sp³-hybridized carbons (Fsp3) is 0. The van der Waals surface area contributed by atoms with Crippen molar-refractivity contribution >= 4 is 164 Å². The van der Waals surface area contributed by atoms with Gasteiger partial charge in [-0.25, -0.2) is 44.9 Å². The van der Waals surface area contributed by atoms with E-state index in [-0.39, 0.29) is 0 Å². The second kappa shape index (κ2) is 34.1. The summed E-state index contributed by atoms with van der Waals surface area (Å²) in [6.45, 7) is 0. The van der Waals surface area contributed by atoms with Crippen molar-refractivity contribution in [3.8, 4) is 136 Å². The lowest BCUT2D eigenvalue weighted by Crippen LogP contribution is -2.00. The van der Waals surface area contributed by atoms with Gasteiger partial charge in [-0.15, -0.1) is 0 Å². The van der Waals surface area contributed by atoms with Crippen LogP contribution < -0.4 is 0 Å². The Kier molecular flexibility index (Phi) is 19.6. The van der Waals surface area contributed by atoms with Gasteiger partial charge in [-0.2, -0.15) is 0 Å². The standard InChI is InChI=1S/3C43H25N3O2/c1-3-12-26(13-4-1)41-44-42(27-14-5-2-6-15-27)46-43(45-41)34-23-30(31-19-11-21-36-39(31)32-18-9-10-20-35(32)47-36)25-38-40(34)33-22-28-16-7-8-17-29(28)24-37(33)48-38;1-3-11-26(12-4-1)41-44-42(27-13-5-2-6-14-27)46-43(45-41)35-23-31(30-19-20-37-33(21-30)32-17-9-10-18-36(32)47-37)25-39-40(35)34-22-28-15-7-8-16-29(28)24-38(34)48-39;1-3-11-26(12-4-1)41-44-42(27-13-5-2-6-14-27)46-43(45-41)35-22-31(30-19-20-33-32-17-9-10-18-36(32)47-37(33)24-30)25-39-40(35)34-21-28-15-7-8-16-29(28)23-38(34)48-39/h3*1-25H. The number of rotatable bonds is 12. The van der Waals surface area contributed by atoms with Crippen molar-refractivity contribution < 1.29 is 26.5 Å². The molecule has 15 heteroatoms. The Morgan fingerprint density at radius 3 is 0.757 bits per heavy atom. The summed E-state index contributed by atoms with van der Waals surface area (Å²) in [5, 5.41) is 19.2. The van der Waals surface area contributed by atoms with E-state index in [0.29, 0.717) is 52.4 Å². The average Bonchev–Trinajstić information content (AvgIpc) is 1.57. The number of furan rings is 6. The van der Waals surface area contributed by atoms with Crippen LogP contribution in [0.3, 0.4) is 0 Å². The molecule has 0 amide bonds. The maximum atomic E-state index is 6.70. The van der Waals surface area contributed by atoms with Crippen LogP contribution >= 0.6 is 0 Å². The number of aromatic nitrogens is 9. The smallest absolute Gasteiger partial charge is 0.164 e. The highest BCUT2D eigenvalue weighted by Crippen LogP contribution is 2.49. The fourth-order valence-corrected chi connectivity index (χ4v) is 20.4. The van der Waals surface area contributed by atoms with Gasteiger partial charge >= 0.3 is 0 Å². The van der Waals surface area contributed by atoms with Crippen LogP contribution in [-0.2, 0) is 0 Å². The third kappa shape index (κ3) is 14.6. The van der Waals surface area contributed by atoms with Crippen LogP contribution in [0.1, 0.15) is 0 Å². The average molecular weight is 1850 g/mol. The summed E-state index contributed by atoms with van der Waals surface area (Å²) in [6, 6.07) is 155. The van der Waals surface area contributed by atoms with E-state index in [1.165, 1.54) is 0 Å². The molecule has 0 saturated carbocycles. The molecule has 0 radical (unpaired) electrons. The van der Waals surface area contributed by atoms with Crippen LogP contribution in [0.25, 0.3) is 300 Å². The Hall–Kier alpha value is -19.8. The summed E-state index contributed by atoms with van der Waals surface area (Å²) < 4.78 is 38.7. The van der Waals surface area contributed by atoms with E-state index in [4.69, 9.17) is 71.4 Å². The molecular weight excluding hydrogens is 1770 g/mol. The molecule has 15 nitrogen and oxygen atoms in total. The fourth-order valence-electron chi connectivity index (χ4n) is 20.4. The van der Waals surface area contributed by atoms with Gasteiger partial charge in [-0.05, 0) is 187 Å². The first-order chi connectivity index (χ1) is 71.3. The lowest BCUT2D eigenvalue weighted by Gasteiger charge is -2.11. The maximum absolute atomic E-state index is 6.70. The highest BCUT2D eigenvalue weighted by Gasteiger charge is 2.28. The van der Waals surface area contributed by atoms with Crippen molar-refractivity contribution in [1.29, 1.82) is 0 Å². The predicted octanol–water partition coefficient (Wildman–Crippen LogP) is 34.5. The second-order valence-electron chi connectivity index (χ2n) is 36.1. The first-order valence-corrected chi connectivity index (χ1v) is 47.8. The van der Waals surface area contributed by atoms with Crippen LogP contribution in [0.2, 0.25) is 0 Å². The molecule has 672 valence electrons. The number of hydrogen-bond acceptors (Lipinski definition) is 15. The highest BCUT2D eigenvalue weighted by atomic mass is 16.3. The molecule has 0 unspecified atom stereocenters. The van der Waals surface area contributed by atoms with E-state index < -0.39 is 0 Å². The molecule has 0 aliphatic carbocycles. The van der Waals surface area contributed by atoms with E-state index in [2.05, 4.69) is 200 Å². The summed E-state index contributed by atoms with van der Waals surface area (Å²) in [5.41, 5.74) is 24.1. The van der Waals surface area contributed by atoms with Crippen molar-refractivity contribution in [1.82, 2.24) is 44.9 Å². The molecule has 30 aromatic rings. The van der Waals surface area contributed by atoms with Gasteiger partial charge in [0.2, 0.25) is 0 Å². The lowest BCUT2D eigenvalue weighted by atomic mass is 9.95. The summed E-state index contributed by atoms with van der Waals surface area (Å²) in [6.07, 6.45) is 0. The molecule has 0 aliphatic rings. The monoisotopic (exact) mass is 1850 g/mol. The molecule has 144 heavy (non-hydrogen) atoms. The van der Waals surface area contributed by atoms with Gasteiger partial charge in [-0.1, -0.05) is 334 Å². The number of nitrogens with zero attached hydrogens (tertiary/aromatic N) is 9. The molecule has 0 fully saturated rings. The van der Waals surface area contributed by atoms with E-state index in [9.17, 15) is 0 Å². The Bertz CT molecular complexity index is 10200. The number of hydrogen-bond donors (Lipinski definition) is 0. The summed E-state index contributed by atoms with van der Waals surface area (Å²) in [5.74, 6) is 5.41. The Labute approximate surface area is 820 Å². The van der Waals surface area contributed by atoms with Crippen molar-refractivity contribution in [3.05, 3.63) is 455 Å². The van der Waals surface area contributed by atoms with E-state index in [1.807, 2.05) is 255 Å². The van der Waals surface area contributed by atoms with Crippen LogP contribution in [0.15, 0.2) is 481 Å². The van der Waals surface area contributed by atoms with Crippen molar-refractivity contribution in [2.75, 3.05) is 0 Å².